The van der Waals surface area contributed by atoms with E-state index >= 15 is 0 Å². The zero-order chi connectivity index (χ0) is 13.2. The van der Waals surface area contributed by atoms with Gasteiger partial charge in [0.05, 0.1) is 10.6 Å². The summed E-state index contributed by atoms with van der Waals surface area (Å²) >= 11 is 5.95. The fraction of sp³-hybridized carbons (Fsp3) is 0.333. The second kappa shape index (κ2) is 5.19. The molecule has 5 heteroatoms. The van der Waals surface area contributed by atoms with Crippen LogP contribution in [0.15, 0.2) is 18.2 Å². The van der Waals surface area contributed by atoms with E-state index < -0.39 is 0 Å². The molecule has 17 heavy (non-hydrogen) atoms. The summed E-state index contributed by atoms with van der Waals surface area (Å²) < 4.78 is 0. The average Bonchev–Trinajstić information content (AvgIpc) is 2.27. The summed E-state index contributed by atoms with van der Waals surface area (Å²) in [6, 6.07) is 4.69. The number of benzene rings is 1. The van der Waals surface area contributed by atoms with Crippen molar-refractivity contribution in [3.05, 3.63) is 34.3 Å². The molecular weight excluding hydrogens is 240 g/mol. The number of hydrogen-bond donors (Lipinski definition) is 0. The number of rotatable bonds is 2. The van der Waals surface area contributed by atoms with Crippen LogP contribution < -0.4 is 0 Å². The van der Waals surface area contributed by atoms with Gasteiger partial charge in [-0.25, -0.2) is 0 Å². The number of carbonyl (C=O) groups is 2. The first-order chi connectivity index (χ1) is 7.84. The van der Waals surface area contributed by atoms with Gasteiger partial charge >= 0.3 is 0 Å². The van der Waals surface area contributed by atoms with Crippen molar-refractivity contribution in [1.29, 1.82) is 0 Å². The topological polar surface area (TPSA) is 40.6 Å². The number of nitrogens with zero attached hydrogens (tertiary/aromatic N) is 2. The van der Waals surface area contributed by atoms with Gasteiger partial charge in [0.15, 0.2) is 0 Å². The van der Waals surface area contributed by atoms with Gasteiger partial charge in [-0.15, -0.1) is 0 Å². The lowest BCUT2D eigenvalue weighted by Crippen LogP contribution is -2.24. The molecule has 0 N–H and O–H groups in total. The van der Waals surface area contributed by atoms with E-state index in [0.717, 1.165) is 0 Å². The third-order valence-electron chi connectivity index (χ3n) is 2.26. The first kappa shape index (κ1) is 13.5. The molecule has 1 aromatic carbocycles. The van der Waals surface area contributed by atoms with E-state index in [1.54, 1.807) is 40.3 Å². The van der Waals surface area contributed by atoms with Gasteiger partial charge in [0.25, 0.3) is 11.8 Å². The second-order valence-electron chi connectivity index (χ2n) is 4.09. The Hall–Kier alpha value is -1.55. The molecule has 92 valence electrons. The van der Waals surface area contributed by atoms with Crippen LogP contribution in [0.25, 0.3) is 0 Å². The largest absolute Gasteiger partial charge is 0.345 e. The van der Waals surface area contributed by atoms with Crippen LogP contribution in [0.2, 0.25) is 5.02 Å². The summed E-state index contributed by atoms with van der Waals surface area (Å²) in [5, 5.41) is 0.346. The fourth-order valence-corrected chi connectivity index (χ4v) is 1.52. The molecule has 0 atom stereocenters. The van der Waals surface area contributed by atoms with Gasteiger partial charge in [-0.2, -0.15) is 0 Å². The van der Waals surface area contributed by atoms with Crippen molar-refractivity contribution in [2.45, 2.75) is 0 Å². The number of halogens is 1. The molecule has 1 aromatic rings. The SMILES string of the molecule is CN(C)C(=O)c1ccc(Cl)c(C(=O)N(C)C)c1. The van der Waals surface area contributed by atoms with Gasteiger partial charge in [-0.1, -0.05) is 11.6 Å². The highest BCUT2D eigenvalue weighted by molar-refractivity contribution is 6.34. The van der Waals surface area contributed by atoms with E-state index in [4.69, 9.17) is 11.6 Å². The molecule has 0 radical (unpaired) electrons. The van der Waals surface area contributed by atoms with Gasteiger partial charge in [0, 0.05) is 33.8 Å². The Balaban J connectivity index is 3.20. The minimum atomic E-state index is -0.219. The second-order valence-corrected chi connectivity index (χ2v) is 4.50. The van der Waals surface area contributed by atoms with Crippen LogP contribution >= 0.6 is 11.6 Å². The standard InChI is InChI=1S/C12H15ClN2O2/c1-14(2)11(16)8-5-6-10(13)9(7-8)12(17)15(3)4/h5-7H,1-4H3. The molecule has 0 aliphatic carbocycles. The maximum atomic E-state index is 11.8. The molecule has 1 rings (SSSR count). The van der Waals surface area contributed by atoms with Crippen LogP contribution in [0.1, 0.15) is 20.7 Å². The van der Waals surface area contributed by atoms with Crippen molar-refractivity contribution < 1.29 is 9.59 Å². The summed E-state index contributed by atoms with van der Waals surface area (Å²) in [7, 11) is 6.59. The van der Waals surface area contributed by atoms with E-state index in [2.05, 4.69) is 0 Å². The summed E-state index contributed by atoms with van der Waals surface area (Å²) in [6.45, 7) is 0. The van der Waals surface area contributed by atoms with E-state index in [1.807, 2.05) is 0 Å². The maximum absolute atomic E-state index is 11.8. The Morgan fingerprint density at radius 3 is 2.00 bits per heavy atom. The summed E-state index contributed by atoms with van der Waals surface area (Å²) in [6.07, 6.45) is 0. The van der Waals surface area contributed by atoms with Gasteiger partial charge in [-0.05, 0) is 18.2 Å². The number of carbonyl (C=O) groups excluding carboxylic acids is 2. The zero-order valence-electron chi connectivity index (χ0n) is 10.3. The van der Waals surface area contributed by atoms with E-state index in [-0.39, 0.29) is 11.8 Å². The Kier molecular flexibility index (Phi) is 4.12. The fourth-order valence-electron chi connectivity index (χ4n) is 1.32. The Morgan fingerprint density at radius 2 is 1.53 bits per heavy atom. The summed E-state index contributed by atoms with van der Waals surface area (Å²) in [5.74, 6) is -0.377. The van der Waals surface area contributed by atoms with Crippen LogP contribution in [-0.2, 0) is 0 Å². The lowest BCUT2D eigenvalue weighted by atomic mass is 10.1. The summed E-state index contributed by atoms with van der Waals surface area (Å²) in [4.78, 5) is 26.5. The van der Waals surface area contributed by atoms with Crippen molar-refractivity contribution in [3.63, 3.8) is 0 Å². The molecule has 0 unspecified atom stereocenters. The molecule has 0 aliphatic rings. The van der Waals surface area contributed by atoms with Gasteiger partial charge in [0.1, 0.15) is 0 Å². The zero-order valence-corrected chi connectivity index (χ0v) is 11.1. The van der Waals surface area contributed by atoms with Crippen LogP contribution in [0.4, 0.5) is 0 Å². The average molecular weight is 255 g/mol. The monoisotopic (exact) mass is 254 g/mol. The molecule has 0 bridgehead atoms. The first-order valence-electron chi connectivity index (χ1n) is 5.07. The molecule has 2 amide bonds. The van der Waals surface area contributed by atoms with Crippen LogP contribution in [0.3, 0.4) is 0 Å². The number of amides is 2. The predicted molar refractivity (Wildman–Crippen MR) is 67.5 cm³/mol. The van der Waals surface area contributed by atoms with Crippen molar-refractivity contribution in [2.75, 3.05) is 28.2 Å². The quantitative estimate of drug-likeness (QED) is 0.807. The highest BCUT2D eigenvalue weighted by atomic mass is 35.5. The van der Waals surface area contributed by atoms with Gasteiger partial charge in [-0.3, -0.25) is 9.59 Å². The normalized spacial score (nSPS) is 9.94. The highest BCUT2D eigenvalue weighted by Crippen LogP contribution is 2.19. The molecule has 0 heterocycles. The lowest BCUT2D eigenvalue weighted by molar-refractivity contribution is 0.0826. The molecular formula is C12H15ClN2O2. The van der Waals surface area contributed by atoms with Crippen molar-refractivity contribution in [1.82, 2.24) is 9.80 Å². The third kappa shape index (κ3) is 2.97. The third-order valence-corrected chi connectivity index (χ3v) is 2.59. The van der Waals surface area contributed by atoms with Crippen molar-refractivity contribution in [2.24, 2.45) is 0 Å². The minimum absolute atomic E-state index is 0.158. The van der Waals surface area contributed by atoms with Crippen molar-refractivity contribution >= 4 is 23.4 Å². The highest BCUT2D eigenvalue weighted by Gasteiger charge is 2.16. The minimum Gasteiger partial charge on any atom is -0.345 e. The first-order valence-corrected chi connectivity index (χ1v) is 5.45. The molecule has 0 saturated heterocycles. The summed E-state index contributed by atoms with van der Waals surface area (Å²) in [5.41, 5.74) is 0.786. The van der Waals surface area contributed by atoms with Crippen LogP contribution in [-0.4, -0.2) is 49.8 Å². The Morgan fingerprint density at radius 1 is 1.00 bits per heavy atom. The van der Waals surface area contributed by atoms with Gasteiger partial charge in [0.2, 0.25) is 0 Å². The molecule has 0 aromatic heterocycles. The maximum Gasteiger partial charge on any atom is 0.254 e. The molecule has 0 fully saturated rings. The van der Waals surface area contributed by atoms with Crippen LogP contribution in [0, 0.1) is 0 Å². The Labute approximate surface area is 106 Å². The van der Waals surface area contributed by atoms with Crippen LogP contribution in [0.5, 0.6) is 0 Å². The molecule has 4 nitrogen and oxygen atoms in total. The van der Waals surface area contributed by atoms with E-state index in [0.29, 0.717) is 16.1 Å². The van der Waals surface area contributed by atoms with E-state index in [9.17, 15) is 9.59 Å². The molecule has 0 aliphatic heterocycles. The molecule has 0 saturated carbocycles. The van der Waals surface area contributed by atoms with Gasteiger partial charge < -0.3 is 9.80 Å². The van der Waals surface area contributed by atoms with Crippen molar-refractivity contribution in [3.8, 4) is 0 Å². The number of hydrogen-bond acceptors (Lipinski definition) is 2. The predicted octanol–water partition coefficient (Wildman–Crippen LogP) is 1.74. The molecule has 0 spiro atoms. The van der Waals surface area contributed by atoms with E-state index in [1.165, 1.54) is 15.9 Å². The Bertz CT molecular complexity index is 456. The smallest absolute Gasteiger partial charge is 0.254 e. The lowest BCUT2D eigenvalue weighted by Gasteiger charge is -2.14.